The maximum Gasteiger partial charge on any atom is 0.286 e. The van der Waals surface area contributed by atoms with Gasteiger partial charge in [0, 0.05) is 17.2 Å². The second kappa shape index (κ2) is 5.66. The van der Waals surface area contributed by atoms with Gasteiger partial charge < -0.3 is 10.6 Å². The molecule has 2 rings (SSSR count). The molecule has 0 saturated heterocycles. The van der Waals surface area contributed by atoms with Crippen LogP contribution >= 0.6 is 27.3 Å². The number of aromatic nitrogens is 2. The quantitative estimate of drug-likeness (QED) is 0.900. The van der Waals surface area contributed by atoms with Crippen LogP contribution in [0.4, 0.5) is 10.8 Å². The minimum Gasteiger partial charge on any atom is -0.363 e. The van der Waals surface area contributed by atoms with Gasteiger partial charge in [0.1, 0.15) is 0 Å². The molecule has 0 aliphatic heterocycles. The Morgan fingerprint density at radius 3 is 2.42 bits per heavy atom. The number of amides is 1. The standard InChI is InChI=1S/C12H13BrN4OS/c1-6-4-8(5-7(2)9(6)13)15-10(18)11-16-17-12(14-3)19-11/h4-5H,1-3H3,(H,14,17)(H,15,18). The summed E-state index contributed by atoms with van der Waals surface area (Å²) in [6, 6.07) is 3.82. The molecule has 2 N–H and O–H groups in total. The number of benzene rings is 1. The van der Waals surface area contributed by atoms with Gasteiger partial charge in [-0.1, -0.05) is 27.3 Å². The van der Waals surface area contributed by atoms with Crippen LogP contribution < -0.4 is 10.6 Å². The number of rotatable bonds is 3. The number of hydrogen-bond donors (Lipinski definition) is 2. The molecule has 0 radical (unpaired) electrons. The summed E-state index contributed by atoms with van der Waals surface area (Å²) in [6.07, 6.45) is 0. The summed E-state index contributed by atoms with van der Waals surface area (Å²) in [5.74, 6) is -0.250. The number of aryl methyl sites for hydroxylation is 2. The molecule has 0 atom stereocenters. The molecule has 0 unspecified atom stereocenters. The lowest BCUT2D eigenvalue weighted by molar-refractivity contribution is 0.102. The second-order valence-electron chi connectivity index (χ2n) is 4.04. The molecule has 0 aliphatic rings. The lowest BCUT2D eigenvalue weighted by atomic mass is 10.1. The van der Waals surface area contributed by atoms with Crippen molar-refractivity contribution in [2.24, 2.45) is 0 Å². The van der Waals surface area contributed by atoms with E-state index in [2.05, 4.69) is 36.8 Å². The average Bonchev–Trinajstić information content (AvgIpc) is 2.84. The van der Waals surface area contributed by atoms with Gasteiger partial charge >= 0.3 is 0 Å². The topological polar surface area (TPSA) is 66.9 Å². The Balaban J connectivity index is 2.19. The van der Waals surface area contributed by atoms with Gasteiger partial charge in [-0.05, 0) is 37.1 Å². The number of nitrogens with zero attached hydrogens (tertiary/aromatic N) is 2. The molecular weight excluding hydrogens is 328 g/mol. The average molecular weight is 341 g/mol. The van der Waals surface area contributed by atoms with Gasteiger partial charge in [-0.2, -0.15) is 0 Å². The zero-order valence-corrected chi connectivity index (χ0v) is 13.1. The molecule has 1 heterocycles. The minimum atomic E-state index is -0.250. The fourth-order valence-corrected chi connectivity index (χ4v) is 2.44. The highest BCUT2D eigenvalue weighted by Gasteiger charge is 2.13. The van der Waals surface area contributed by atoms with Crippen molar-refractivity contribution in [1.82, 2.24) is 10.2 Å². The maximum atomic E-state index is 12.0. The van der Waals surface area contributed by atoms with E-state index in [4.69, 9.17) is 0 Å². The third-order valence-electron chi connectivity index (χ3n) is 2.53. The first-order valence-electron chi connectivity index (χ1n) is 5.60. The van der Waals surface area contributed by atoms with E-state index in [1.165, 1.54) is 11.3 Å². The van der Waals surface area contributed by atoms with Crippen molar-refractivity contribution >= 4 is 44.0 Å². The smallest absolute Gasteiger partial charge is 0.286 e. The molecule has 100 valence electrons. The van der Waals surface area contributed by atoms with Gasteiger partial charge in [-0.25, -0.2) is 0 Å². The number of anilines is 2. The Labute approximate surface area is 123 Å². The van der Waals surface area contributed by atoms with Gasteiger partial charge in [0.2, 0.25) is 10.1 Å². The predicted molar refractivity (Wildman–Crippen MR) is 81.0 cm³/mol. The van der Waals surface area contributed by atoms with E-state index in [1.807, 2.05) is 26.0 Å². The van der Waals surface area contributed by atoms with E-state index < -0.39 is 0 Å². The molecule has 0 bridgehead atoms. The molecule has 7 heteroatoms. The summed E-state index contributed by atoms with van der Waals surface area (Å²) in [6.45, 7) is 3.97. The van der Waals surface area contributed by atoms with Crippen LogP contribution in [-0.2, 0) is 0 Å². The van der Waals surface area contributed by atoms with Gasteiger partial charge in [0.05, 0.1) is 0 Å². The van der Waals surface area contributed by atoms with Crippen molar-refractivity contribution in [3.8, 4) is 0 Å². The summed E-state index contributed by atoms with van der Waals surface area (Å²) in [7, 11) is 1.74. The van der Waals surface area contributed by atoms with Crippen molar-refractivity contribution in [3.63, 3.8) is 0 Å². The number of hydrogen-bond acceptors (Lipinski definition) is 5. The zero-order chi connectivity index (χ0) is 14.0. The molecule has 1 aromatic heterocycles. The lowest BCUT2D eigenvalue weighted by Crippen LogP contribution is -2.12. The summed E-state index contributed by atoms with van der Waals surface area (Å²) < 4.78 is 1.05. The maximum absolute atomic E-state index is 12.0. The Kier molecular flexibility index (Phi) is 4.16. The molecule has 5 nitrogen and oxygen atoms in total. The largest absolute Gasteiger partial charge is 0.363 e. The van der Waals surface area contributed by atoms with E-state index in [9.17, 15) is 4.79 Å². The zero-order valence-electron chi connectivity index (χ0n) is 10.7. The van der Waals surface area contributed by atoms with Crippen LogP contribution in [-0.4, -0.2) is 23.2 Å². The normalized spacial score (nSPS) is 10.3. The third kappa shape index (κ3) is 3.10. The summed E-state index contributed by atoms with van der Waals surface area (Å²) >= 11 is 4.71. The first-order chi connectivity index (χ1) is 9.01. The number of carbonyl (C=O) groups excluding carboxylic acids is 1. The van der Waals surface area contributed by atoms with Crippen molar-refractivity contribution in [2.75, 3.05) is 17.7 Å². The van der Waals surface area contributed by atoms with Crippen LogP contribution in [0.2, 0.25) is 0 Å². The van der Waals surface area contributed by atoms with E-state index in [0.717, 1.165) is 21.3 Å². The van der Waals surface area contributed by atoms with Crippen molar-refractivity contribution in [2.45, 2.75) is 13.8 Å². The van der Waals surface area contributed by atoms with Gasteiger partial charge in [0.15, 0.2) is 0 Å². The van der Waals surface area contributed by atoms with Crippen LogP contribution in [0.3, 0.4) is 0 Å². The molecular formula is C12H13BrN4OS. The third-order valence-corrected chi connectivity index (χ3v) is 4.72. The van der Waals surface area contributed by atoms with E-state index in [1.54, 1.807) is 7.05 Å². The summed E-state index contributed by atoms with van der Waals surface area (Å²) in [5, 5.41) is 14.3. The molecule has 0 fully saturated rings. The monoisotopic (exact) mass is 340 g/mol. The van der Waals surface area contributed by atoms with Gasteiger partial charge in [0.25, 0.3) is 5.91 Å². The van der Waals surface area contributed by atoms with Crippen LogP contribution in [0.1, 0.15) is 20.9 Å². The van der Waals surface area contributed by atoms with Gasteiger partial charge in [-0.15, -0.1) is 10.2 Å². The molecule has 2 aromatic rings. The number of nitrogens with one attached hydrogen (secondary N) is 2. The Bertz CT molecular complexity index is 603. The summed E-state index contributed by atoms with van der Waals surface area (Å²) in [5.41, 5.74) is 2.90. The molecule has 19 heavy (non-hydrogen) atoms. The fourth-order valence-electron chi connectivity index (χ4n) is 1.62. The molecule has 1 amide bonds. The molecule has 1 aromatic carbocycles. The highest BCUT2D eigenvalue weighted by Crippen LogP contribution is 2.25. The highest BCUT2D eigenvalue weighted by atomic mass is 79.9. The first kappa shape index (κ1) is 14.0. The Hall–Kier alpha value is -1.47. The Morgan fingerprint density at radius 1 is 1.26 bits per heavy atom. The Morgan fingerprint density at radius 2 is 1.89 bits per heavy atom. The lowest BCUT2D eigenvalue weighted by Gasteiger charge is -2.08. The predicted octanol–water partition coefficient (Wildman–Crippen LogP) is 3.21. The minimum absolute atomic E-state index is 0.250. The van der Waals surface area contributed by atoms with E-state index in [-0.39, 0.29) is 5.91 Å². The van der Waals surface area contributed by atoms with Crippen LogP contribution in [0.5, 0.6) is 0 Å². The van der Waals surface area contributed by atoms with Crippen LogP contribution in [0, 0.1) is 13.8 Å². The van der Waals surface area contributed by atoms with Crippen LogP contribution in [0.15, 0.2) is 16.6 Å². The van der Waals surface area contributed by atoms with Crippen molar-refractivity contribution in [3.05, 3.63) is 32.7 Å². The SMILES string of the molecule is CNc1nnc(C(=O)Nc2cc(C)c(Br)c(C)c2)s1. The van der Waals surface area contributed by atoms with Crippen molar-refractivity contribution in [1.29, 1.82) is 0 Å². The first-order valence-corrected chi connectivity index (χ1v) is 7.21. The van der Waals surface area contributed by atoms with Gasteiger partial charge in [-0.3, -0.25) is 4.79 Å². The van der Waals surface area contributed by atoms with E-state index >= 15 is 0 Å². The van der Waals surface area contributed by atoms with Crippen molar-refractivity contribution < 1.29 is 4.79 Å². The van der Waals surface area contributed by atoms with E-state index in [0.29, 0.717) is 10.1 Å². The highest BCUT2D eigenvalue weighted by molar-refractivity contribution is 9.10. The second-order valence-corrected chi connectivity index (χ2v) is 5.81. The van der Waals surface area contributed by atoms with Crippen LogP contribution in [0.25, 0.3) is 0 Å². The fraction of sp³-hybridized carbons (Fsp3) is 0.250. The molecule has 0 spiro atoms. The molecule has 0 aliphatic carbocycles. The number of halogens is 1. The number of carbonyl (C=O) groups is 1. The molecule has 0 saturated carbocycles. The summed E-state index contributed by atoms with van der Waals surface area (Å²) in [4.78, 5) is 12.0.